The van der Waals surface area contributed by atoms with Gasteiger partial charge >= 0.3 is 0 Å². The van der Waals surface area contributed by atoms with Gasteiger partial charge < -0.3 is 5.11 Å². The van der Waals surface area contributed by atoms with E-state index in [9.17, 15) is 9.50 Å². The number of hydrogen-bond donors (Lipinski definition) is 1. The molecule has 0 heterocycles. The van der Waals surface area contributed by atoms with Gasteiger partial charge in [-0.3, -0.25) is 0 Å². The highest BCUT2D eigenvalue weighted by Crippen LogP contribution is 2.33. The Morgan fingerprint density at radius 3 is 2.50 bits per heavy atom. The van der Waals surface area contributed by atoms with Gasteiger partial charge in [-0.2, -0.15) is 0 Å². The lowest BCUT2D eigenvalue weighted by atomic mass is 10.1. The molecular formula is C13H17FOS. The van der Waals surface area contributed by atoms with Crippen LogP contribution in [0.5, 0.6) is 0 Å². The molecule has 1 saturated carbocycles. The first-order valence-electron chi connectivity index (χ1n) is 5.86. The van der Waals surface area contributed by atoms with Crippen LogP contribution in [0.15, 0.2) is 29.2 Å². The molecule has 2 rings (SSSR count). The van der Waals surface area contributed by atoms with Crippen LogP contribution in [-0.2, 0) is 0 Å². The van der Waals surface area contributed by atoms with Crippen LogP contribution in [0.4, 0.5) is 4.39 Å². The topological polar surface area (TPSA) is 20.2 Å². The van der Waals surface area contributed by atoms with E-state index in [1.807, 2.05) is 0 Å². The Morgan fingerprint density at radius 2 is 1.75 bits per heavy atom. The van der Waals surface area contributed by atoms with E-state index in [0.29, 0.717) is 0 Å². The molecule has 0 amide bonds. The first kappa shape index (κ1) is 11.9. The number of benzene rings is 1. The summed E-state index contributed by atoms with van der Waals surface area (Å²) in [5, 5.41) is 10.2. The molecule has 1 aromatic carbocycles. The maximum Gasteiger partial charge on any atom is 0.123 e. The number of rotatable bonds is 2. The Kier molecular flexibility index (Phi) is 4.24. The predicted octanol–water partition coefficient (Wildman–Crippen LogP) is 3.61. The summed E-state index contributed by atoms with van der Waals surface area (Å²) < 4.78 is 12.7. The first-order chi connectivity index (χ1) is 7.75. The summed E-state index contributed by atoms with van der Waals surface area (Å²) in [6, 6.07) is 6.53. The van der Waals surface area contributed by atoms with Gasteiger partial charge in [0.2, 0.25) is 0 Å². The van der Waals surface area contributed by atoms with E-state index in [2.05, 4.69) is 0 Å². The SMILES string of the molecule is OC1CCCCCC1Sc1ccc(F)cc1. The smallest absolute Gasteiger partial charge is 0.123 e. The van der Waals surface area contributed by atoms with E-state index in [4.69, 9.17) is 0 Å². The first-order valence-corrected chi connectivity index (χ1v) is 6.74. The molecule has 1 nitrogen and oxygen atoms in total. The fraction of sp³-hybridized carbons (Fsp3) is 0.538. The molecule has 0 bridgehead atoms. The van der Waals surface area contributed by atoms with Gasteiger partial charge in [0.15, 0.2) is 0 Å². The highest BCUT2D eigenvalue weighted by molar-refractivity contribution is 8.00. The molecule has 2 unspecified atom stereocenters. The summed E-state index contributed by atoms with van der Waals surface area (Å²) >= 11 is 1.68. The van der Waals surface area contributed by atoms with E-state index < -0.39 is 0 Å². The lowest BCUT2D eigenvalue weighted by molar-refractivity contribution is 0.163. The molecule has 88 valence electrons. The minimum Gasteiger partial charge on any atom is -0.392 e. The quantitative estimate of drug-likeness (QED) is 0.797. The van der Waals surface area contributed by atoms with Crippen molar-refractivity contribution in [2.24, 2.45) is 0 Å². The molecule has 0 spiro atoms. The van der Waals surface area contributed by atoms with Crippen LogP contribution >= 0.6 is 11.8 Å². The Bertz CT molecular complexity index is 325. The molecule has 1 N–H and O–H groups in total. The molecule has 0 saturated heterocycles. The number of halogens is 1. The van der Waals surface area contributed by atoms with E-state index in [-0.39, 0.29) is 17.2 Å². The molecule has 1 aliphatic rings. The van der Waals surface area contributed by atoms with Crippen LogP contribution < -0.4 is 0 Å². The highest BCUT2D eigenvalue weighted by Gasteiger charge is 2.22. The van der Waals surface area contributed by atoms with Gasteiger partial charge in [0.1, 0.15) is 5.82 Å². The standard InChI is InChI=1S/C13H17FOS/c14-10-6-8-11(9-7-10)16-13-5-3-1-2-4-12(13)15/h6-9,12-13,15H,1-5H2. The average Bonchev–Trinajstić information content (AvgIpc) is 2.48. The Hall–Kier alpha value is -0.540. The average molecular weight is 240 g/mol. The molecule has 3 heteroatoms. The molecule has 0 aromatic heterocycles. The summed E-state index contributed by atoms with van der Waals surface area (Å²) in [7, 11) is 0. The minimum atomic E-state index is -0.211. The third-order valence-corrected chi connectivity index (χ3v) is 4.42. The van der Waals surface area contributed by atoms with E-state index in [1.165, 1.54) is 25.0 Å². The van der Waals surface area contributed by atoms with Crippen LogP contribution in [0.2, 0.25) is 0 Å². The van der Waals surface area contributed by atoms with Crippen LogP contribution in [-0.4, -0.2) is 16.5 Å². The second kappa shape index (κ2) is 5.69. The van der Waals surface area contributed by atoms with Gasteiger partial charge in [-0.15, -0.1) is 11.8 Å². The molecule has 1 fully saturated rings. The number of thioether (sulfide) groups is 1. The van der Waals surface area contributed by atoms with E-state index in [0.717, 1.165) is 24.2 Å². The third kappa shape index (κ3) is 3.22. The summed E-state index contributed by atoms with van der Waals surface area (Å²) in [5.74, 6) is -0.203. The normalized spacial score (nSPS) is 26.4. The summed E-state index contributed by atoms with van der Waals surface area (Å²) in [4.78, 5) is 1.05. The van der Waals surface area contributed by atoms with Crippen molar-refractivity contribution in [2.75, 3.05) is 0 Å². The van der Waals surface area contributed by atoms with Crippen LogP contribution in [0.1, 0.15) is 32.1 Å². The molecular weight excluding hydrogens is 223 g/mol. The Morgan fingerprint density at radius 1 is 1.06 bits per heavy atom. The Labute approximate surface area is 100 Å². The fourth-order valence-corrected chi connectivity index (χ4v) is 3.30. The molecule has 0 aliphatic heterocycles. The zero-order chi connectivity index (χ0) is 11.4. The van der Waals surface area contributed by atoms with E-state index >= 15 is 0 Å². The van der Waals surface area contributed by atoms with Crippen molar-refractivity contribution in [1.82, 2.24) is 0 Å². The van der Waals surface area contributed by atoms with Crippen molar-refractivity contribution in [3.05, 3.63) is 30.1 Å². The zero-order valence-corrected chi connectivity index (χ0v) is 10.0. The van der Waals surface area contributed by atoms with Crippen molar-refractivity contribution in [1.29, 1.82) is 0 Å². The van der Waals surface area contributed by atoms with Gasteiger partial charge in [0, 0.05) is 10.1 Å². The lowest BCUT2D eigenvalue weighted by Crippen LogP contribution is -2.21. The number of aliphatic hydroxyl groups is 1. The maximum absolute atomic E-state index is 12.7. The highest BCUT2D eigenvalue weighted by atomic mass is 32.2. The van der Waals surface area contributed by atoms with E-state index in [1.54, 1.807) is 23.9 Å². The van der Waals surface area contributed by atoms with Gasteiger partial charge in [0.25, 0.3) is 0 Å². The Balaban J connectivity index is 1.99. The van der Waals surface area contributed by atoms with Gasteiger partial charge in [-0.25, -0.2) is 4.39 Å². The zero-order valence-electron chi connectivity index (χ0n) is 9.23. The van der Waals surface area contributed by atoms with Crippen molar-refractivity contribution >= 4 is 11.8 Å². The number of aliphatic hydroxyl groups excluding tert-OH is 1. The predicted molar refractivity (Wildman–Crippen MR) is 65.1 cm³/mol. The second-order valence-electron chi connectivity index (χ2n) is 4.32. The van der Waals surface area contributed by atoms with Crippen LogP contribution in [0, 0.1) is 5.82 Å². The third-order valence-electron chi connectivity index (χ3n) is 3.02. The van der Waals surface area contributed by atoms with Crippen molar-refractivity contribution in [3.8, 4) is 0 Å². The fourth-order valence-electron chi connectivity index (χ4n) is 2.08. The van der Waals surface area contributed by atoms with Gasteiger partial charge in [-0.05, 0) is 37.1 Å². The van der Waals surface area contributed by atoms with Crippen molar-refractivity contribution < 1.29 is 9.50 Å². The van der Waals surface area contributed by atoms with Crippen molar-refractivity contribution in [2.45, 2.75) is 48.4 Å². The molecule has 2 atom stereocenters. The number of hydrogen-bond acceptors (Lipinski definition) is 2. The summed E-state index contributed by atoms with van der Waals surface area (Å²) in [6.07, 6.45) is 5.29. The van der Waals surface area contributed by atoms with Crippen molar-refractivity contribution in [3.63, 3.8) is 0 Å². The lowest BCUT2D eigenvalue weighted by Gasteiger charge is -2.19. The molecule has 16 heavy (non-hydrogen) atoms. The molecule has 0 radical (unpaired) electrons. The summed E-state index contributed by atoms with van der Waals surface area (Å²) in [5.41, 5.74) is 0. The maximum atomic E-state index is 12.7. The molecule has 1 aromatic rings. The monoisotopic (exact) mass is 240 g/mol. The summed E-state index contributed by atoms with van der Waals surface area (Å²) in [6.45, 7) is 0. The minimum absolute atomic E-state index is 0.203. The van der Waals surface area contributed by atoms with Crippen LogP contribution in [0.25, 0.3) is 0 Å². The van der Waals surface area contributed by atoms with Gasteiger partial charge in [-0.1, -0.05) is 19.3 Å². The largest absolute Gasteiger partial charge is 0.392 e. The molecule has 1 aliphatic carbocycles. The van der Waals surface area contributed by atoms with Crippen LogP contribution in [0.3, 0.4) is 0 Å². The second-order valence-corrected chi connectivity index (χ2v) is 5.63. The van der Waals surface area contributed by atoms with Gasteiger partial charge in [0.05, 0.1) is 6.10 Å².